The summed E-state index contributed by atoms with van der Waals surface area (Å²) >= 11 is 0. The number of aromatic amines is 2. The molecular formula is C68H74N8O8. The van der Waals surface area contributed by atoms with Crippen LogP contribution in [0.1, 0.15) is 102 Å². The summed E-state index contributed by atoms with van der Waals surface area (Å²) in [6.07, 6.45) is 15.5. The Morgan fingerprint density at radius 2 is 0.548 bits per heavy atom. The highest BCUT2D eigenvalue weighted by atomic mass is 16.5. The van der Waals surface area contributed by atoms with Gasteiger partial charge in [-0.3, -0.25) is 19.2 Å². The number of hydrogen-bond acceptors (Lipinski definition) is 10. The molecule has 0 fully saturated rings. The number of nitrogens with one attached hydrogen (secondary N) is 6. The summed E-state index contributed by atoms with van der Waals surface area (Å²) < 4.78 is 23.8. The predicted octanol–water partition coefficient (Wildman–Crippen LogP) is 12.5. The molecule has 8 bridgehead atoms. The number of fused-ring (bicyclic) bond motifs is 8. The van der Waals surface area contributed by atoms with Crippen LogP contribution < -0.4 is 40.2 Å². The lowest BCUT2D eigenvalue weighted by atomic mass is 10.0. The summed E-state index contributed by atoms with van der Waals surface area (Å²) in [5.41, 5.74) is 12.5. The van der Waals surface area contributed by atoms with Crippen LogP contribution in [0.15, 0.2) is 121 Å². The van der Waals surface area contributed by atoms with Crippen molar-refractivity contribution in [3.8, 4) is 67.5 Å². The number of amides is 4. The lowest BCUT2D eigenvalue weighted by molar-refractivity contribution is -0.123. The van der Waals surface area contributed by atoms with E-state index in [0.29, 0.717) is 72.0 Å². The molecule has 16 nitrogen and oxygen atoms in total. The summed E-state index contributed by atoms with van der Waals surface area (Å²) in [6, 6.07) is 38.8. The van der Waals surface area contributed by atoms with Gasteiger partial charge in [-0.15, -0.1) is 0 Å². The molecule has 0 atom stereocenters. The Kier molecular flexibility index (Phi) is 20.8. The van der Waals surface area contributed by atoms with Crippen LogP contribution in [0.5, 0.6) is 23.0 Å². The van der Waals surface area contributed by atoms with Crippen molar-refractivity contribution in [3.05, 3.63) is 144 Å². The summed E-state index contributed by atoms with van der Waals surface area (Å²) in [4.78, 5) is 68.9. The number of carbonyl (C=O) groups is 4. The van der Waals surface area contributed by atoms with E-state index in [0.717, 1.165) is 118 Å². The predicted molar refractivity (Wildman–Crippen MR) is 334 cm³/mol. The first-order valence-electron chi connectivity index (χ1n) is 29.3. The first-order valence-corrected chi connectivity index (χ1v) is 29.3. The molecule has 7 aromatic rings. The standard InChI is InChI=1S/C68H74N8O8/c1-5-9-37-69-61(77)41-81-49-21-13-45(14-22-49)65-53-29-31-55(73-53)66(46-15-23-50(24-16-46)82-42-62(78)70-38-10-6-2)57-33-35-59(75-57)68(48-19-27-52(28-20-48)84-44-64(80)72-40-12-8-4)60-36-34-58(76-60)67(56-32-30-54(65)74-56)47-17-25-51(26-18-47)83-43-63(79)71-39-11-7-3/h13-36,73,76H,5-12,37-44H2,1-4H3,(H,69,77)(H,70,78)(H,71,79)(H,72,80). The van der Waals surface area contributed by atoms with Crippen molar-refractivity contribution >= 4 is 70.0 Å². The first-order chi connectivity index (χ1) is 41.1. The monoisotopic (exact) mass is 1130 g/mol. The van der Waals surface area contributed by atoms with Gasteiger partial charge in [0.1, 0.15) is 23.0 Å². The van der Waals surface area contributed by atoms with Gasteiger partial charge in [-0.25, -0.2) is 9.97 Å². The van der Waals surface area contributed by atoms with Crippen molar-refractivity contribution < 1.29 is 38.1 Å². The first kappa shape index (κ1) is 59.2. The molecule has 3 aromatic heterocycles. The van der Waals surface area contributed by atoms with E-state index in [9.17, 15) is 19.2 Å². The van der Waals surface area contributed by atoms with Crippen LogP contribution in [0.4, 0.5) is 0 Å². The lowest BCUT2D eigenvalue weighted by Crippen LogP contribution is -2.29. The maximum Gasteiger partial charge on any atom is 0.257 e. The van der Waals surface area contributed by atoms with E-state index in [2.05, 4.69) is 58.9 Å². The van der Waals surface area contributed by atoms with E-state index in [-0.39, 0.29) is 50.1 Å². The molecule has 0 saturated heterocycles. The maximum atomic E-state index is 12.6. The number of carbonyl (C=O) groups excluding carboxylic acids is 4. The lowest BCUT2D eigenvalue weighted by Gasteiger charge is -2.10. The Bertz CT molecular complexity index is 3170. The second-order valence-corrected chi connectivity index (χ2v) is 20.6. The minimum absolute atomic E-state index is 0.105. The highest BCUT2D eigenvalue weighted by molar-refractivity contribution is 6.00. The van der Waals surface area contributed by atoms with E-state index in [4.69, 9.17) is 28.9 Å². The molecule has 434 valence electrons. The van der Waals surface area contributed by atoms with Crippen LogP contribution in [0, 0.1) is 0 Å². The van der Waals surface area contributed by atoms with E-state index < -0.39 is 0 Å². The Morgan fingerprint density at radius 1 is 0.333 bits per heavy atom. The highest BCUT2D eigenvalue weighted by Crippen LogP contribution is 2.39. The number of H-pyrrole nitrogens is 2. The molecule has 2 aliphatic rings. The van der Waals surface area contributed by atoms with E-state index in [1.807, 2.05) is 146 Å². The SMILES string of the molecule is CCCCNC(=O)COc1ccc(-c2c3nc(c(-c4ccc(OCC(=O)NCCCC)cc4)c4ccc([nH]4)c(-c4ccc(OCC(=O)NCCCC)cc4)c4nc(c(-c5ccc(OCC(=O)NCCCC)cc5)c5ccc2[nH]5)C=C4)C=C3)cc1. The van der Waals surface area contributed by atoms with Gasteiger partial charge in [-0.05, 0) is 145 Å². The minimum atomic E-state index is -0.180. The number of unbranched alkanes of at least 4 members (excludes halogenated alkanes) is 4. The van der Waals surface area contributed by atoms with Crippen LogP contribution >= 0.6 is 0 Å². The molecular weight excluding hydrogens is 1060 g/mol. The molecule has 16 heteroatoms. The molecule has 0 radical (unpaired) electrons. The van der Waals surface area contributed by atoms with Crippen LogP contribution in [0.3, 0.4) is 0 Å². The normalized spacial score (nSPS) is 11.5. The van der Waals surface area contributed by atoms with Crippen LogP contribution in [0.25, 0.3) is 90.9 Å². The van der Waals surface area contributed by atoms with Gasteiger partial charge in [0.25, 0.3) is 23.6 Å². The average molecular weight is 1130 g/mol. The fraction of sp³-hybridized carbons (Fsp3) is 0.294. The summed E-state index contributed by atoms with van der Waals surface area (Å²) in [6.45, 7) is 10.3. The molecule has 4 amide bonds. The van der Waals surface area contributed by atoms with E-state index in [1.54, 1.807) is 0 Å². The van der Waals surface area contributed by atoms with Crippen LogP contribution in [0.2, 0.25) is 0 Å². The molecule has 4 aromatic carbocycles. The fourth-order valence-electron chi connectivity index (χ4n) is 9.71. The second-order valence-electron chi connectivity index (χ2n) is 20.6. The van der Waals surface area contributed by atoms with Crippen LogP contribution in [-0.4, -0.2) is 96.2 Å². The number of ether oxygens (including phenoxy) is 4. The molecule has 9 rings (SSSR count). The summed E-state index contributed by atoms with van der Waals surface area (Å²) in [5, 5.41) is 11.7. The topological polar surface area (TPSA) is 211 Å². The van der Waals surface area contributed by atoms with Gasteiger partial charge in [0.05, 0.1) is 22.8 Å². The van der Waals surface area contributed by atoms with E-state index in [1.165, 1.54) is 0 Å². The van der Waals surface area contributed by atoms with Gasteiger partial charge in [0, 0.05) is 70.5 Å². The summed E-state index contributed by atoms with van der Waals surface area (Å²) in [7, 11) is 0. The largest absolute Gasteiger partial charge is 0.484 e. The zero-order valence-corrected chi connectivity index (χ0v) is 48.3. The molecule has 0 saturated carbocycles. The Morgan fingerprint density at radius 3 is 0.750 bits per heavy atom. The van der Waals surface area contributed by atoms with Crippen molar-refractivity contribution in [2.24, 2.45) is 0 Å². The van der Waals surface area contributed by atoms with Gasteiger partial charge >= 0.3 is 0 Å². The van der Waals surface area contributed by atoms with Gasteiger partial charge in [-0.2, -0.15) is 0 Å². The van der Waals surface area contributed by atoms with Gasteiger partial charge in [0.2, 0.25) is 0 Å². The maximum absolute atomic E-state index is 12.6. The van der Waals surface area contributed by atoms with Crippen LogP contribution in [-0.2, 0) is 19.2 Å². The molecule has 84 heavy (non-hydrogen) atoms. The molecule has 2 aliphatic heterocycles. The smallest absolute Gasteiger partial charge is 0.257 e. The van der Waals surface area contributed by atoms with E-state index >= 15 is 0 Å². The molecule has 0 unspecified atom stereocenters. The van der Waals surface area contributed by atoms with Gasteiger partial charge < -0.3 is 50.2 Å². The van der Waals surface area contributed by atoms with Crippen molar-refractivity contribution in [1.82, 2.24) is 41.2 Å². The zero-order chi connectivity index (χ0) is 58.6. The molecule has 6 N–H and O–H groups in total. The Hall–Kier alpha value is -9.44. The third-order valence-electron chi connectivity index (χ3n) is 14.2. The van der Waals surface area contributed by atoms with Crippen molar-refractivity contribution in [2.45, 2.75) is 79.1 Å². The number of nitrogens with zero attached hydrogens (tertiary/aromatic N) is 2. The minimum Gasteiger partial charge on any atom is -0.484 e. The highest BCUT2D eigenvalue weighted by Gasteiger charge is 2.20. The van der Waals surface area contributed by atoms with Crippen molar-refractivity contribution in [3.63, 3.8) is 0 Å². The zero-order valence-electron chi connectivity index (χ0n) is 48.3. The van der Waals surface area contributed by atoms with Gasteiger partial charge in [-0.1, -0.05) is 102 Å². The average Bonchev–Trinajstić information content (AvgIpc) is 3.39. The second kappa shape index (κ2) is 29.5. The summed E-state index contributed by atoms with van der Waals surface area (Å²) in [5.74, 6) is 1.47. The Labute approximate surface area is 490 Å². The fourth-order valence-corrected chi connectivity index (χ4v) is 9.71. The van der Waals surface area contributed by atoms with Crippen molar-refractivity contribution in [2.75, 3.05) is 52.6 Å². The Balaban J connectivity index is 1.21. The third kappa shape index (κ3) is 15.6. The third-order valence-corrected chi connectivity index (χ3v) is 14.2. The molecule has 0 aliphatic carbocycles. The number of benzene rings is 4. The number of aromatic nitrogens is 4. The number of rotatable bonds is 28. The van der Waals surface area contributed by atoms with Gasteiger partial charge in [0.15, 0.2) is 26.4 Å². The molecule has 5 heterocycles. The number of hydrogen-bond donors (Lipinski definition) is 6. The molecule has 0 spiro atoms. The quantitative estimate of drug-likeness (QED) is 0.0256. The van der Waals surface area contributed by atoms with Crippen molar-refractivity contribution in [1.29, 1.82) is 0 Å².